The summed E-state index contributed by atoms with van der Waals surface area (Å²) in [5.41, 5.74) is 6.25. The molecule has 6 heteroatoms. The molecule has 0 unspecified atom stereocenters. The van der Waals surface area contributed by atoms with Crippen molar-refractivity contribution >= 4 is 38.9 Å². The normalized spacial score (nSPS) is 11.1. The third-order valence-electron chi connectivity index (χ3n) is 5.94. The number of aromatic amines is 1. The molecule has 0 spiro atoms. The summed E-state index contributed by atoms with van der Waals surface area (Å²) in [6.07, 6.45) is 4.53. The van der Waals surface area contributed by atoms with Crippen molar-refractivity contribution in [1.82, 2.24) is 9.97 Å². The van der Waals surface area contributed by atoms with E-state index in [-0.39, 0.29) is 5.75 Å². The van der Waals surface area contributed by atoms with Crippen molar-refractivity contribution in [3.05, 3.63) is 90.0 Å². The third kappa shape index (κ3) is 3.96. The number of benzene rings is 3. The Balaban J connectivity index is 1.35. The Bertz CT molecular complexity index is 1440. The van der Waals surface area contributed by atoms with Crippen molar-refractivity contribution in [2.24, 2.45) is 0 Å². The van der Waals surface area contributed by atoms with Crippen molar-refractivity contribution in [2.75, 3.05) is 24.3 Å². The van der Waals surface area contributed by atoms with E-state index >= 15 is 4.39 Å². The van der Waals surface area contributed by atoms with Crippen molar-refractivity contribution in [3.8, 4) is 5.75 Å². The number of nitrogens with zero attached hydrogens (tertiary/aromatic N) is 1. The van der Waals surface area contributed by atoms with Gasteiger partial charge in [-0.3, -0.25) is 4.98 Å². The summed E-state index contributed by atoms with van der Waals surface area (Å²) < 4.78 is 20.7. The topological polar surface area (TPSA) is 62.0 Å². The number of pyridine rings is 1. The summed E-state index contributed by atoms with van der Waals surface area (Å²) in [6.45, 7) is 2.69. The van der Waals surface area contributed by atoms with Gasteiger partial charge in [0.15, 0.2) is 11.6 Å². The number of aromatic nitrogens is 2. The summed E-state index contributed by atoms with van der Waals surface area (Å²) in [7, 11) is 1.48. The second-order valence-electron chi connectivity index (χ2n) is 8.00. The number of H-pyrrole nitrogens is 1. The summed E-state index contributed by atoms with van der Waals surface area (Å²) in [6, 6.07) is 19.5. The monoisotopic (exact) mass is 440 g/mol. The highest BCUT2D eigenvalue weighted by Crippen LogP contribution is 2.36. The molecule has 3 N–H and O–H groups in total. The van der Waals surface area contributed by atoms with Gasteiger partial charge < -0.3 is 20.4 Å². The van der Waals surface area contributed by atoms with Gasteiger partial charge in [0.2, 0.25) is 0 Å². The van der Waals surface area contributed by atoms with E-state index in [1.54, 1.807) is 12.3 Å². The molecule has 166 valence electrons. The molecule has 0 bridgehead atoms. The number of hydrogen-bond donors (Lipinski definition) is 3. The van der Waals surface area contributed by atoms with Gasteiger partial charge in [-0.15, -0.1) is 0 Å². The van der Waals surface area contributed by atoms with Crippen molar-refractivity contribution in [2.45, 2.75) is 13.3 Å². The van der Waals surface area contributed by atoms with Gasteiger partial charge in [-0.05, 0) is 48.7 Å². The van der Waals surface area contributed by atoms with Crippen LogP contribution in [-0.2, 0) is 6.42 Å². The van der Waals surface area contributed by atoms with E-state index in [9.17, 15) is 0 Å². The number of para-hydroxylation sites is 2. The molecule has 2 heterocycles. The van der Waals surface area contributed by atoms with Crippen LogP contribution in [0.25, 0.3) is 21.8 Å². The Kier molecular flexibility index (Phi) is 5.57. The number of aryl methyl sites for hydroxylation is 1. The molecule has 2 aromatic heterocycles. The van der Waals surface area contributed by atoms with Crippen LogP contribution in [0.5, 0.6) is 5.75 Å². The smallest absolute Gasteiger partial charge is 0.190 e. The largest absolute Gasteiger partial charge is 0.492 e. The zero-order valence-electron chi connectivity index (χ0n) is 18.6. The van der Waals surface area contributed by atoms with E-state index < -0.39 is 5.82 Å². The lowest BCUT2D eigenvalue weighted by Gasteiger charge is -2.16. The molecular weight excluding hydrogens is 415 g/mol. The maximum absolute atomic E-state index is 15.3. The van der Waals surface area contributed by atoms with Crippen LogP contribution in [0.2, 0.25) is 0 Å². The number of rotatable bonds is 7. The van der Waals surface area contributed by atoms with E-state index in [2.05, 4.69) is 45.7 Å². The fraction of sp³-hybridized carbons (Fsp3) is 0.148. The van der Waals surface area contributed by atoms with Crippen molar-refractivity contribution in [1.29, 1.82) is 0 Å². The minimum Gasteiger partial charge on any atom is -0.492 e. The van der Waals surface area contributed by atoms with Gasteiger partial charge in [0.1, 0.15) is 0 Å². The standard InChI is InChI=1S/C27H25FN4O/c1-17-6-5-8-19-18(16-31-26(17)19)12-14-30-23-10-11-24(27(33-2)25(23)28)32-22-13-15-29-21-9-4-3-7-20(21)22/h3-11,13,15-16,30-31H,12,14H2,1-2H3,(H,29,32). The number of halogens is 1. The molecule has 0 radical (unpaired) electrons. The first-order valence-electron chi connectivity index (χ1n) is 10.9. The van der Waals surface area contributed by atoms with Crippen LogP contribution in [0.4, 0.5) is 21.5 Å². The number of fused-ring (bicyclic) bond motifs is 2. The first-order chi connectivity index (χ1) is 16.2. The van der Waals surface area contributed by atoms with Crippen LogP contribution >= 0.6 is 0 Å². The average Bonchev–Trinajstić information content (AvgIpc) is 3.25. The van der Waals surface area contributed by atoms with Crippen LogP contribution in [0.15, 0.2) is 73.1 Å². The summed E-state index contributed by atoms with van der Waals surface area (Å²) in [5.74, 6) is -0.251. The van der Waals surface area contributed by atoms with Crippen LogP contribution in [0, 0.1) is 12.7 Å². The SMILES string of the molecule is COc1c(Nc2ccnc3ccccc23)ccc(NCCc2c[nH]c3c(C)cccc23)c1F. The van der Waals surface area contributed by atoms with Crippen molar-refractivity contribution < 1.29 is 9.13 Å². The third-order valence-corrected chi connectivity index (χ3v) is 5.94. The fourth-order valence-electron chi connectivity index (χ4n) is 4.24. The zero-order valence-corrected chi connectivity index (χ0v) is 18.6. The molecule has 0 amide bonds. The Morgan fingerprint density at radius 3 is 2.64 bits per heavy atom. The van der Waals surface area contributed by atoms with E-state index in [0.29, 0.717) is 17.9 Å². The van der Waals surface area contributed by atoms with Crippen LogP contribution in [-0.4, -0.2) is 23.6 Å². The Labute approximate surface area is 191 Å². The number of methoxy groups -OCH3 is 1. The average molecular weight is 441 g/mol. The lowest BCUT2D eigenvalue weighted by atomic mass is 10.1. The summed E-state index contributed by atoms with van der Waals surface area (Å²) >= 11 is 0. The molecule has 0 saturated carbocycles. The van der Waals surface area contributed by atoms with Gasteiger partial charge in [0.25, 0.3) is 0 Å². The maximum Gasteiger partial charge on any atom is 0.190 e. The minimum absolute atomic E-state index is 0.170. The number of nitrogens with one attached hydrogen (secondary N) is 3. The second-order valence-corrected chi connectivity index (χ2v) is 8.00. The van der Waals surface area contributed by atoms with Gasteiger partial charge in [-0.2, -0.15) is 0 Å². The van der Waals surface area contributed by atoms with Crippen molar-refractivity contribution in [3.63, 3.8) is 0 Å². The van der Waals surface area contributed by atoms with Gasteiger partial charge in [-0.1, -0.05) is 36.4 Å². The number of anilines is 3. The van der Waals surface area contributed by atoms with Crippen LogP contribution in [0.3, 0.4) is 0 Å². The van der Waals surface area contributed by atoms with Gasteiger partial charge in [0.05, 0.1) is 24.0 Å². The molecule has 5 rings (SSSR count). The predicted molar refractivity (Wildman–Crippen MR) is 133 cm³/mol. The summed E-state index contributed by atoms with van der Waals surface area (Å²) in [4.78, 5) is 7.72. The quantitative estimate of drug-likeness (QED) is 0.268. The number of hydrogen-bond acceptors (Lipinski definition) is 4. The van der Waals surface area contributed by atoms with Crippen LogP contribution < -0.4 is 15.4 Å². The van der Waals surface area contributed by atoms with Gasteiger partial charge in [-0.25, -0.2) is 4.39 Å². The molecule has 0 saturated heterocycles. The predicted octanol–water partition coefficient (Wildman–Crippen LogP) is 6.57. The zero-order chi connectivity index (χ0) is 22.8. The Hall–Kier alpha value is -4.06. The van der Waals surface area contributed by atoms with E-state index in [0.717, 1.165) is 28.5 Å². The first kappa shape index (κ1) is 20.8. The molecular formula is C27H25FN4O. The molecule has 0 aliphatic rings. The highest BCUT2D eigenvalue weighted by atomic mass is 19.1. The molecule has 0 aliphatic heterocycles. The summed E-state index contributed by atoms with van der Waals surface area (Å²) in [5, 5.41) is 8.69. The number of ether oxygens (including phenoxy) is 1. The molecule has 0 aliphatic carbocycles. The van der Waals surface area contributed by atoms with E-state index in [1.165, 1.54) is 23.6 Å². The van der Waals surface area contributed by atoms with Gasteiger partial charge >= 0.3 is 0 Å². The minimum atomic E-state index is -0.421. The molecule has 0 atom stereocenters. The van der Waals surface area contributed by atoms with Crippen LogP contribution in [0.1, 0.15) is 11.1 Å². The molecule has 33 heavy (non-hydrogen) atoms. The lowest BCUT2D eigenvalue weighted by Crippen LogP contribution is -2.08. The molecule has 5 nitrogen and oxygen atoms in total. The van der Waals surface area contributed by atoms with E-state index in [1.807, 2.05) is 42.6 Å². The Morgan fingerprint density at radius 2 is 1.76 bits per heavy atom. The van der Waals surface area contributed by atoms with E-state index in [4.69, 9.17) is 4.74 Å². The molecule has 3 aromatic carbocycles. The Morgan fingerprint density at radius 1 is 0.939 bits per heavy atom. The maximum atomic E-state index is 15.3. The molecule has 5 aromatic rings. The fourth-order valence-corrected chi connectivity index (χ4v) is 4.24. The highest BCUT2D eigenvalue weighted by molar-refractivity contribution is 5.93. The molecule has 0 fully saturated rings. The lowest BCUT2D eigenvalue weighted by molar-refractivity contribution is 0.389. The highest BCUT2D eigenvalue weighted by Gasteiger charge is 2.15. The first-order valence-corrected chi connectivity index (χ1v) is 10.9. The van der Waals surface area contributed by atoms with Gasteiger partial charge in [0, 0.05) is 40.9 Å². The second kappa shape index (κ2) is 8.82.